The highest BCUT2D eigenvalue weighted by Gasteiger charge is 2.63. The van der Waals surface area contributed by atoms with Crippen LogP contribution in [0.1, 0.15) is 33.5 Å². The third kappa shape index (κ3) is 3.59. The monoisotopic (exact) mass is 476 g/mol. The van der Waals surface area contributed by atoms with Crippen molar-refractivity contribution in [1.29, 1.82) is 0 Å². The number of amidine groups is 1. The van der Waals surface area contributed by atoms with Crippen molar-refractivity contribution in [3.63, 3.8) is 0 Å². The largest absolute Gasteiger partial charge is 0.465 e. The molecule has 0 fully saturated rings. The molecule has 0 saturated heterocycles. The lowest BCUT2D eigenvalue weighted by Gasteiger charge is -2.30. The van der Waals surface area contributed by atoms with Crippen molar-refractivity contribution in [1.82, 2.24) is 4.90 Å². The van der Waals surface area contributed by atoms with E-state index in [1.807, 2.05) is 0 Å². The van der Waals surface area contributed by atoms with Gasteiger partial charge in [0.1, 0.15) is 5.84 Å². The standard InChI is InChI=1S/C20H14Cl2F4N2O3/c1-30-18(29)10-2-3-11-8-28(9-12(11)4-10)16-7-19(31-27-16,20(24,25)26)13-5-14(21)17(23)15(22)6-13/h2-6H,7-9H2,1H3. The van der Waals surface area contributed by atoms with Gasteiger partial charge in [0.15, 0.2) is 5.82 Å². The first-order valence-corrected chi connectivity index (χ1v) is 9.73. The molecular formula is C20H14Cl2F4N2O3. The molecule has 2 aliphatic rings. The van der Waals surface area contributed by atoms with Crippen LogP contribution < -0.4 is 0 Å². The highest BCUT2D eigenvalue weighted by atomic mass is 35.5. The molecule has 2 aromatic rings. The number of oxime groups is 1. The summed E-state index contributed by atoms with van der Waals surface area (Å²) >= 11 is 11.4. The van der Waals surface area contributed by atoms with Gasteiger partial charge in [-0.05, 0) is 35.4 Å². The molecule has 0 aliphatic carbocycles. The Hall–Kier alpha value is -2.52. The Morgan fingerprint density at radius 2 is 1.81 bits per heavy atom. The van der Waals surface area contributed by atoms with Gasteiger partial charge in [-0.25, -0.2) is 9.18 Å². The highest BCUT2D eigenvalue weighted by Crippen LogP contribution is 2.50. The topological polar surface area (TPSA) is 51.1 Å². The van der Waals surface area contributed by atoms with Gasteiger partial charge in [0.2, 0.25) is 0 Å². The van der Waals surface area contributed by atoms with Crippen LogP contribution >= 0.6 is 23.2 Å². The van der Waals surface area contributed by atoms with Crippen molar-refractivity contribution in [3.05, 3.63) is 68.4 Å². The number of nitrogens with zero attached hydrogens (tertiary/aromatic N) is 2. The van der Waals surface area contributed by atoms with E-state index >= 15 is 0 Å². The number of benzene rings is 2. The summed E-state index contributed by atoms with van der Waals surface area (Å²) in [5.41, 5.74) is -1.35. The molecule has 4 rings (SSSR count). The number of methoxy groups -OCH3 is 1. The van der Waals surface area contributed by atoms with E-state index in [-0.39, 0.29) is 18.9 Å². The van der Waals surface area contributed by atoms with Gasteiger partial charge in [-0.3, -0.25) is 0 Å². The number of esters is 1. The van der Waals surface area contributed by atoms with Crippen LogP contribution in [0.4, 0.5) is 17.6 Å². The zero-order valence-electron chi connectivity index (χ0n) is 15.9. The molecule has 0 bridgehead atoms. The number of carbonyl (C=O) groups excluding carboxylic acids is 1. The van der Waals surface area contributed by atoms with Crippen molar-refractivity contribution < 1.29 is 31.9 Å². The first-order chi connectivity index (χ1) is 14.6. The van der Waals surface area contributed by atoms with Crippen LogP contribution in [0.3, 0.4) is 0 Å². The minimum Gasteiger partial charge on any atom is -0.465 e. The van der Waals surface area contributed by atoms with Crippen molar-refractivity contribution in [2.45, 2.75) is 31.3 Å². The Morgan fingerprint density at radius 3 is 2.42 bits per heavy atom. The smallest absolute Gasteiger partial charge is 0.435 e. The van der Waals surface area contributed by atoms with Crippen LogP contribution in [0.5, 0.6) is 0 Å². The summed E-state index contributed by atoms with van der Waals surface area (Å²) in [7, 11) is 1.26. The first kappa shape index (κ1) is 21.7. The van der Waals surface area contributed by atoms with Crippen LogP contribution in [0.15, 0.2) is 35.5 Å². The van der Waals surface area contributed by atoms with Gasteiger partial charge in [-0.15, -0.1) is 0 Å². The van der Waals surface area contributed by atoms with Crippen LogP contribution in [0.25, 0.3) is 0 Å². The van der Waals surface area contributed by atoms with Crippen molar-refractivity contribution in [3.8, 4) is 0 Å². The Labute approximate surface area is 184 Å². The van der Waals surface area contributed by atoms with E-state index in [2.05, 4.69) is 5.16 Å². The maximum Gasteiger partial charge on any atom is 0.435 e. The fourth-order valence-corrected chi connectivity index (χ4v) is 4.16. The van der Waals surface area contributed by atoms with Crippen LogP contribution in [-0.4, -0.2) is 30.0 Å². The van der Waals surface area contributed by atoms with Gasteiger partial charge in [0.05, 0.1) is 29.1 Å². The number of hydrogen-bond acceptors (Lipinski definition) is 5. The van der Waals surface area contributed by atoms with E-state index in [0.29, 0.717) is 5.56 Å². The van der Waals surface area contributed by atoms with Gasteiger partial charge in [-0.2, -0.15) is 13.2 Å². The molecule has 0 spiro atoms. The molecule has 0 amide bonds. The average Bonchev–Trinajstić information content (AvgIpc) is 3.35. The SMILES string of the molecule is COC(=O)c1ccc2c(c1)CN(C1=NOC(c3cc(Cl)c(F)c(Cl)c3)(C(F)(F)F)C1)C2. The number of alkyl halides is 3. The van der Waals surface area contributed by atoms with Gasteiger partial charge in [-0.1, -0.05) is 34.4 Å². The summed E-state index contributed by atoms with van der Waals surface area (Å²) < 4.78 is 60.8. The van der Waals surface area contributed by atoms with E-state index in [0.717, 1.165) is 23.3 Å². The summed E-state index contributed by atoms with van der Waals surface area (Å²) in [4.78, 5) is 18.3. The average molecular weight is 477 g/mol. The van der Waals surface area contributed by atoms with Gasteiger partial charge < -0.3 is 14.5 Å². The molecule has 2 heterocycles. The van der Waals surface area contributed by atoms with Gasteiger partial charge in [0, 0.05) is 18.7 Å². The maximum atomic E-state index is 14.1. The Kier molecular flexibility index (Phi) is 5.29. The van der Waals surface area contributed by atoms with E-state index in [9.17, 15) is 22.4 Å². The highest BCUT2D eigenvalue weighted by molar-refractivity contribution is 6.35. The molecule has 164 valence electrons. The van der Waals surface area contributed by atoms with Crippen LogP contribution in [0, 0.1) is 5.82 Å². The van der Waals surface area contributed by atoms with E-state index in [4.69, 9.17) is 32.8 Å². The molecule has 1 unspecified atom stereocenters. The predicted molar refractivity (Wildman–Crippen MR) is 104 cm³/mol. The quantitative estimate of drug-likeness (QED) is 0.329. The van der Waals surface area contributed by atoms with Gasteiger partial charge >= 0.3 is 12.1 Å². The zero-order chi connectivity index (χ0) is 22.6. The first-order valence-electron chi connectivity index (χ1n) is 8.97. The maximum absolute atomic E-state index is 14.1. The summed E-state index contributed by atoms with van der Waals surface area (Å²) in [5, 5.41) is 2.61. The molecule has 0 aromatic heterocycles. The summed E-state index contributed by atoms with van der Waals surface area (Å²) in [5.74, 6) is -1.46. The summed E-state index contributed by atoms with van der Waals surface area (Å²) in [6.45, 7) is 0.527. The molecule has 0 radical (unpaired) electrons. The summed E-state index contributed by atoms with van der Waals surface area (Å²) in [6, 6.07) is 6.62. The van der Waals surface area contributed by atoms with Crippen LogP contribution in [0.2, 0.25) is 10.0 Å². The number of carbonyl (C=O) groups is 1. The van der Waals surface area contributed by atoms with Crippen molar-refractivity contribution in [2.24, 2.45) is 5.16 Å². The molecule has 0 N–H and O–H groups in total. The predicted octanol–water partition coefficient (Wildman–Crippen LogP) is 5.43. The number of fused-ring (bicyclic) bond motifs is 1. The Balaban J connectivity index is 1.62. The van der Waals surface area contributed by atoms with E-state index < -0.39 is 45.6 Å². The molecule has 5 nitrogen and oxygen atoms in total. The molecule has 1 atom stereocenters. The van der Waals surface area contributed by atoms with Crippen molar-refractivity contribution in [2.75, 3.05) is 7.11 Å². The molecule has 2 aromatic carbocycles. The second-order valence-electron chi connectivity index (χ2n) is 7.19. The minimum atomic E-state index is -4.88. The Bertz CT molecular complexity index is 1080. The number of rotatable bonds is 2. The number of ether oxygens (including phenoxy) is 1. The fraction of sp³-hybridized carbons (Fsp3) is 0.300. The summed E-state index contributed by atoms with van der Waals surface area (Å²) in [6.07, 6.45) is -5.53. The molecule has 31 heavy (non-hydrogen) atoms. The van der Waals surface area contributed by atoms with E-state index in [1.54, 1.807) is 23.1 Å². The molecule has 2 aliphatic heterocycles. The van der Waals surface area contributed by atoms with Crippen molar-refractivity contribution >= 4 is 35.0 Å². The number of halogens is 6. The zero-order valence-corrected chi connectivity index (χ0v) is 17.4. The third-order valence-corrected chi connectivity index (χ3v) is 5.89. The van der Waals surface area contributed by atoms with Crippen LogP contribution in [-0.2, 0) is 28.3 Å². The number of hydrogen-bond donors (Lipinski definition) is 0. The lowest BCUT2D eigenvalue weighted by atomic mass is 9.89. The Morgan fingerprint density at radius 1 is 1.16 bits per heavy atom. The molecule has 11 heteroatoms. The van der Waals surface area contributed by atoms with Gasteiger partial charge in [0.25, 0.3) is 5.60 Å². The molecule has 0 saturated carbocycles. The minimum absolute atomic E-state index is 0.0599. The lowest BCUT2D eigenvalue weighted by molar-refractivity contribution is -0.275. The third-order valence-electron chi connectivity index (χ3n) is 5.34. The lowest BCUT2D eigenvalue weighted by Crippen LogP contribution is -2.44. The molecular weight excluding hydrogens is 463 g/mol. The normalized spacial score (nSPS) is 20.4. The second kappa shape index (κ2) is 7.56. The van der Waals surface area contributed by atoms with E-state index in [1.165, 1.54) is 7.11 Å². The fourth-order valence-electron chi connectivity index (χ4n) is 3.67. The second-order valence-corrected chi connectivity index (χ2v) is 8.00.